The van der Waals surface area contributed by atoms with Gasteiger partial charge >= 0.3 is 5.97 Å². The van der Waals surface area contributed by atoms with Gasteiger partial charge in [0.05, 0.1) is 29.9 Å². The molecule has 0 aliphatic carbocycles. The Morgan fingerprint density at radius 1 is 1.14 bits per heavy atom. The minimum atomic E-state index is -0.660. The van der Waals surface area contributed by atoms with Crippen LogP contribution in [0.15, 0.2) is 47.1 Å². The van der Waals surface area contributed by atoms with Crippen molar-refractivity contribution in [3.8, 4) is 0 Å². The molecule has 2 rings (SSSR count). The average Bonchev–Trinajstić information content (AvgIpc) is 3.22. The van der Waals surface area contributed by atoms with Crippen molar-refractivity contribution >= 4 is 41.0 Å². The Bertz CT molecular complexity index is 869. The minimum Gasteiger partial charge on any atom is -0.459 e. The first-order valence-corrected chi connectivity index (χ1v) is 9.00. The van der Waals surface area contributed by atoms with Crippen molar-refractivity contribution in [1.82, 2.24) is 10.2 Å². The van der Waals surface area contributed by atoms with Gasteiger partial charge in [-0.15, -0.1) is 0 Å². The van der Waals surface area contributed by atoms with Gasteiger partial charge in [-0.1, -0.05) is 23.7 Å². The number of ether oxygens (including phenoxy) is 1. The number of hydrogen-bond acceptors (Lipinski definition) is 6. The smallest absolute Gasteiger partial charge is 0.308 e. The van der Waals surface area contributed by atoms with Crippen LogP contribution in [-0.2, 0) is 19.1 Å². The molecule has 1 aromatic heterocycles. The number of carbonyl (C=O) groups excluding carboxylic acids is 4. The van der Waals surface area contributed by atoms with Crippen LogP contribution in [0.1, 0.15) is 17.0 Å². The van der Waals surface area contributed by atoms with Gasteiger partial charge in [0.25, 0.3) is 11.8 Å². The van der Waals surface area contributed by atoms with E-state index >= 15 is 0 Å². The second kappa shape index (κ2) is 10.9. The van der Waals surface area contributed by atoms with E-state index in [0.29, 0.717) is 10.7 Å². The Morgan fingerprint density at radius 3 is 2.59 bits per heavy atom. The highest BCUT2D eigenvalue weighted by Crippen LogP contribution is 2.20. The molecular weight excluding hydrogens is 402 g/mol. The minimum absolute atomic E-state index is 0.0304. The summed E-state index contributed by atoms with van der Waals surface area (Å²) in [4.78, 5) is 48.4. The summed E-state index contributed by atoms with van der Waals surface area (Å²) in [6.45, 7) is -0.718. The van der Waals surface area contributed by atoms with Crippen LogP contribution in [0.4, 0.5) is 5.69 Å². The molecule has 0 saturated heterocycles. The molecule has 2 aromatic rings. The summed E-state index contributed by atoms with van der Waals surface area (Å²) in [5.41, 5.74) is 0.433. The molecule has 0 fully saturated rings. The van der Waals surface area contributed by atoms with Crippen molar-refractivity contribution in [2.24, 2.45) is 0 Å². The van der Waals surface area contributed by atoms with Crippen LogP contribution in [0.25, 0.3) is 0 Å². The first-order valence-electron chi connectivity index (χ1n) is 8.62. The second-order valence-electron chi connectivity index (χ2n) is 5.92. The fourth-order valence-corrected chi connectivity index (χ4v) is 2.34. The molecule has 0 bridgehead atoms. The van der Waals surface area contributed by atoms with Crippen LogP contribution in [0.5, 0.6) is 0 Å². The Hall–Kier alpha value is -3.33. The number of furan rings is 1. The maximum atomic E-state index is 12.0. The number of anilines is 1. The molecule has 0 radical (unpaired) electrons. The molecule has 1 aromatic carbocycles. The number of para-hydroxylation sites is 1. The Balaban J connectivity index is 1.65. The van der Waals surface area contributed by atoms with E-state index in [1.165, 1.54) is 19.4 Å². The maximum Gasteiger partial charge on any atom is 0.308 e. The van der Waals surface area contributed by atoms with Crippen LogP contribution in [0.3, 0.4) is 0 Å². The van der Waals surface area contributed by atoms with Crippen LogP contribution >= 0.6 is 11.6 Å². The van der Waals surface area contributed by atoms with Gasteiger partial charge in [0.15, 0.2) is 12.4 Å². The number of amides is 3. The second-order valence-corrected chi connectivity index (χ2v) is 6.33. The molecule has 0 spiro atoms. The Kier molecular flexibility index (Phi) is 8.23. The molecule has 0 aliphatic rings. The van der Waals surface area contributed by atoms with Gasteiger partial charge in [-0.3, -0.25) is 19.2 Å². The molecule has 10 heteroatoms. The quantitative estimate of drug-likeness (QED) is 0.595. The number of halogens is 1. The van der Waals surface area contributed by atoms with Crippen LogP contribution < -0.4 is 10.6 Å². The van der Waals surface area contributed by atoms with Gasteiger partial charge in [-0.2, -0.15) is 0 Å². The van der Waals surface area contributed by atoms with E-state index in [2.05, 4.69) is 10.6 Å². The van der Waals surface area contributed by atoms with Gasteiger partial charge in [0, 0.05) is 13.6 Å². The third kappa shape index (κ3) is 7.30. The van der Waals surface area contributed by atoms with Gasteiger partial charge in [-0.25, -0.2) is 0 Å². The van der Waals surface area contributed by atoms with Gasteiger partial charge < -0.3 is 24.7 Å². The molecule has 0 unspecified atom stereocenters. The van der Waals surface area contributed by atoms with E-state index in [1.807, 2.05) is 0 Å². The zero-order valence-corrected chi connectivity index (χ0v) is 16.4. The third-order valence-corrected chi connectivity index (χ3v) is 4.00. The highest BCUT2D eigenvalue weighted by molar-refractivity contribution is 6.33. The largest absolute Gasteiger partial charge is 0.459 e. The predicted octanol–water partition coefficient (Wildman–Crippen LogP) is 1.69. The summed E-state index contributed by atoms with van der Waals surface area (Å²) < 4.78 is 9.77. The molecule has 0 saturated carbocycles. The zero-order valence-electron chi connectivity index (χ0n) is 15.6. The molecule has 0 aliphatic heterocycles. The van der Waals surface area contributed by atoms with E-state index in [4.69, 9.17) is 20.8 Å². The number of nitrogens with zero attached hydrogens (tertiary/aromatic N) is 1. The average molecular weight is 422 g/mol. The lowest BCUT2D eigenvalue weighted by molar-refractivity contribution is -0.151. The molecule has 1 heterocycles. The van der Waals surface area contributed by atoms with E-state index in [-0.39, 0.29) is 25.3 Å². The lowest BCUT2D eigenvalue weighted by Gasteiger charge is -2.17. The summed E-state index contributed by atoms with van der Waals surface area (Å²) in [6.07, 6.45) is 1.25. The number of likely N-dealkylation sites (N-methyl/N-ethyl adjacent to an activating group) is 1. The van der Waals surface area contributed by atoms with Crippen LogP contribution in [0.2, 0.25) is 5.02 Å². The molecule has 3 amide bonds. The summed E-state index contributed by atoms with van der Waals surface area (Å²) in [5, 5.41) is 5.46. The lowest BCUT2D eigenvalue weighted by atomic mass is 10.3. The topological polar surface area (TPSA) is 118 Å². The number of benzene rings is 1. The standard InChI is InChI=1S/C19H20ClN3O6/c1-23(11-16(24)22-14-6-3-2-5-13(14)20)17(25)12-29-18(26)8-9-21-19(27)15-7-4-10-28-15/h2-7,10H,8-9,11-12H2,1H3,(H,21,27)(H,22,24). The van der Waals surface area contributed by atoms with Crippen LogP contribution in [-0.4, -0.2) is 55.3 Å². The summed E-state index contributed by atoms with van der Waals surface area (Å²) >= 11 is 5.96. The van der Waals surface area contributed by atoms with Crippen LogP contribution in [0, 0.1) is 0 Å². The van der Waals surface area contributed by atoms with E-state index in [9.17, 15) is 19.2 Å². The SMILES string of the molecule is CN(CC(=O)Nc1ccccc1Cl)C(=O)COC(=O)CCNC(=O)c1ccco1. The number of esters is 1. The van der Waals surface area contributed by atoms with Crippen molar-refractivity contribution in [1.29, 1.82) is 0 Å². The monoisotopic (exact) mass is 421 g/mol. The number of hydrogen-bond donors (Lipinski definition) is 2. The zero-order chi connectivity index (χ0) is 21.2. The molecule has 0 atom stereocenters. The fourth-order valence-electron chi connectivity index (χ4n) is 2.15. The summed E-state index contributed by atoms with van der Waals surface area (Å²) in [7, 11) is 1.41. The lowest BCUT2D eigenvalue weighted by Crippen LogP contribution is -2.37. The van der Waals surface area contributed by atoms with E-state index < -0.39 is 30.3 Å². The highest BCUT2D eigenvalue weighted by atomic mass is 35.5. The normalized spacial score (nSPS) is 10.1. The third-order valence-electron chi connectivity index (χ3n) is 3.67. The van der Waals surface area contributed by atoms with Crippen molar-refractivity contribution in [3.63, 3.8) is 0 Å². The molecule has 29 heavy (non-hydrogen) atoms. The van der Waals surface area contributed by atoms with Crippen molar-refractivity contribution in [2.45, 2.75) is 6.42 Å². The molecule has 9 nitrogen and oxygen atoms in total. The van der Waals surface area contributed by atoms with Crippen molar-refractivity contribution < 1.29 is 28.3 Å². The number of nitrogens with one attached hydrogen (secondary N) is 2. The number of rotatable bonds is 9. The maximum absolute atomic E-state index is 12.0. The van der Waals surface area contributed by atoms with E-state index in [0.717, 1.165) is 4.90 Å². The number of carbonyl (C=O) groups is 4. The molecular formula is C19H20ClN3O6. The predicted molar refractivity (Wildman–Crippen MR) is 104 cm³/mol. The van der Waals surface area contributed by atoms with Gasteiger partial charge in [0.2, 0.25) is 5.91 Å². The highest BCUT2D eigenvalue weighted by Gasteiger charge is 2.16. The van der Waals surface area contributed by atoms with Crippen molar-refractivity contribution in [3.05, 3.63) is 53.4 Å². The van der Waals surface area contributed by atoms with E-state index in [1.54, 1.807) is 30.3 Å². The first-order chi connectivity index (χ1) is 13.9. The Morgan fingerprint density at radius 2 is 1.90 bits per heavy atom. The fraction of sp³-hybridized carbons (Fsp3) is 0.263. The van der Waals surface area contributed by atoms with Crippen molar-refractivity contribution in [2.75, 3.05) is 32.1 Å². The van der Waals surface area contributed by atoms with Gasteiger partial charge in [-0.05, 0) is 24.3 Å². The molecule has 154 valence electrons. The van der Waals surface area contributed by atoms with Gasteiger partial charge in [0.1, 0.15) is 0 Å². The summed E-state index contributed by atoms with van der Waals surface area (Å²) in [6, 6.07) is 9.76. The first kappa shape index (κ1) is 22.0. The summed E-state index contributed by atoms with van der Waals surface area (Å²) in [5.74, 6) is -1.98. The Labute approximate surface area is 171 Å². The molecule has 2 N–H and O–H groups in total.